The Bertz CT molecular complexity index is 1120. The summed E-state index contributed by atoms with van der Waals surface area (Å²) in [5.41, 5.74) is 3.01. The zero-order chi connectivity index (χ0) is 27.3. The fourth-order valence-corrected chi connectivity index (χ4v) is 4.38. The summed E-state index contributed by atoms with van der Waals surface area (Å²) in [4.78, 5) is 11.7. The molecular weight excluding hydrogens is 496 g/mol. The topological polar surface area (TPSA) is 72.5 Å². The third-order valence-electron chi connectivity index (χ3n) is 6.28. The first-order valence-electron chi connectivity index (χ1n) is 13.1. The van der Waals surface area contributed by atoms with Gasteiger partial charge in [0.15, 0.2) is 6.29 Å². The summed E-state index contributed by atoms with van der Waals surface area (Å²) in [5.74, 6) is -0.409. The molecule has 7 heteroatoms. The van der Waals surface area contributed by atoms with Crippen LogP contribution in [0.5, 0.6) is 0 Å². The lowest BCUT2D eigenvalue weighted by atomic mass is 9.97. The first-order valence-corrected chi connectivity index (χ1v) is 13.1. The average Bonchev–Trinajstić information content (AvgIpc) is 2.97. The van der Waals surface area contributed by atoms with Crippen LogP contribution in [0.2, 0.25) is 0 Å². The molecule has 0 aromatic heterocycles. The third-order valence-corrected chi connectivity index (χ3v) is 6.28. The number of ether oxygens (including phenoxy) is 6. The van der Waals surface area contributed by atoms with Crippen molar-refractivity contribution in [1.29, 1.82) is 0 Å². The molecule has 0 aliphatic carbocycles. The summed E-state index contributed by atoms with van der Waals surface area (Å²) in [5, 5.41) is 0. The van der Waals surface area contributed by atoms with Gasteiger partial charge in [-0.2, -0.15) is 0 Å². The van der Waals surface area contributed by atoms with Crippen LogP contribution in [0.4, 0.5) is 0 Å². The highest BCUT2D eigenvalue weighted by molar-refractivity contribution is 5.65. The van der Waals surface area contributed by atoms with Gasteiger partial charge >= 0.3 is 5.97 Å². The van der Waals surface area contributed by atoms with E-state index >= 15 is 0 Å². The maximum atomic E-state index is 11.7. The van der Waals surface area contributed by atoms with Gasteiger partial charge in [0, 0.05) is 6.92 Å². The number of carbonyl (C=O) groups is 1. The molecule has 0 unspecified atom stereocenters. The molecule has 0 saturated carbocycles. The van der Waals surface area contributed by atoms with Crippen LogP contribution in [0.3, 0.4) is 0 Å². The lowest BCUT2D eigenvalue weighted by Crippen LogP contribution is -2.61. The smallest absolute Gasteiger partial charge is 0.302 e. The predicted octanol–water partition coefficient (Wildman–Crippen LogP) is 5.23. The second-order valence-electron chi connectivity index (χ2n) is 9.25. The van der Waals surface area contributed by atoms with E-state index in [0.29, 0.717) is 19.8 Å². The van der Waals surface area contributed by atoms with E-state index in [1.165, 1.54) is 6.92 Å². The van der Waals surface area contributed by atoms with Gasteiger partial charge in [-0.25, -0.2) is 0 Å². The molecule has 0 amide bonds. The molecule has 0 spiro atoms. The quantitative estimate of drug-likeness (QED) is 0.208. The normalized spacial score (nSPS) is 22.7. The second-order valence-corrected chi connectivity index (χ2v) is 9.25. The Morgan fingerprint density at radius 1 is 0.718 bits per heavy atom. The van der Waals surface area contributed by atoms with Crippen molar-refractivity contribution in [1.82, 2.24) is 0 Å². The van der Waals surface area contributed by atoms with E-state index in [2.05, 4.69) is 6.58 Å². The van der Waals surface area contributed by atoms with E-state index < -0.39 is 36.7 Å². The molecule has 7 nitrogen and oxygen atoms in total. The van der Waals surface area contributed by atoms with Crippen LogP contribution in [-0.4, -0.2) is 49.9 Å². The van der Waals surface area contributed by atoms with Gasteiger partial charge in [0.25, 0.3) is 0 Å². The highest BCUT2D eigenvalue weighted by Gasteiger charge is 2.49. The minimum Gasteiger partial charge on any atom is -0.463 e. The van der Waals surface area contributed by atoms with Gasteiger partial charge in [-0.15, -0.1) is 6.58 Å². The van der Waals surface area contributed by atoms with Crippen LogP contribution in [0.15, 0.2) is 104 Å². The lowest BCUT2D eigenvalue weighted by Gasteiger charge is -2.45. The minimum atomic E-state index is -0.801. The first kappa shape index (κ1) is 28.7. The number of hydrogen-bond donors (Lipinski definition) is 0. The van der Waals surface area contributed by atoms with Crippen LogP contribution in [0, 0.1) is 0 Å². The van der Waals surface area contributed by atoms with E-state index in [1.54, 1.807) is 6.08 Å². The summed E-state index contributed by atoms with van der Waals surface area (Å²) < 4.78 is 37.2. The van der Waals surface area contributed by atoms with Crippen molar-refractivity contribution in [3.05, 3.63) is 120 Å². The van der Waals surface area contributed by atoms with E-state index in [4.69, 9.17) is 28.4 Å². The predicted molar refractivity (Wildman–Crippen MR) is 146 cm³/mol. The summed E-state index contributed by atoms with van der Waals surface area (Å²) in [6.07, 6.45) is -1.65. The Morgan fingerprint density at radius 3 is 1.64 bits per heavy atom. The molecule has 39 heavy (non-hydrogen) atoms. The third kappa shape index (κ3) is 8.85. The first-order chi connectivity index (χ1) is 19.1. The Labute approximate surface area is 230 Å². The molecule has 4 rings (SSSR count). The highest BCUT2D eigenvalue weighted by Crippen LogP contribution is 2.31. The second kappa shape index (κ2) is 15.3. The van der Waals surface area contributed by atoms with E-state index in [-0.39, 0.29) is 13.2 Å². The molecule has 3 aromatic carbocycles. The SMILES string of the molecule is C=CCO[C@@H]1O[C@H](COC(C)=O)[C@@H](OCc2ccccc2)[C@H](OCc2ccccc2)[C@H]1OCc1ccccc1. The largest absolute Gasteiger partial charge is 0.463 e. The fraction of sp³-hybridized carbons (Fsp3) is 0.344. The Kier molecular flexibility index (Phi) is 11.3. The van der Waals surface area contributed by atoms with Gasteiger partial charge in [0.2, 0.25) is 0 Å². The summed E-state index contributed by atoms with van der Waals surface area (Å²) >= 11 is 0. The van der Waals surface area contributed by atoms with Crippen molar-refractivity contribution in [2.75, 3.05) is 13.2 Å². The van der Waals surface area contributed by atoms with E-state index in [0.717, 1.165) is 16.7 Å². The lowest BCUT2D eigenvalue weighted by molar-refractivity contribution is -0.325. The minimum absolute atomic E-state index is 0.0145. The fourth-order valence-electron chi connectivity index (χ4n) is 4.38. The molecule has 1 heterocycles. The number of hydrogen-bond acceptors (Lipinski definition) is 7. The van der Waals surface area contributed by atoms with Crippen LogP contribution in [0.1, 0.15) is 23.6 Å². The molecular formula is C32H36O7. The molecule has 5 atom stereocenters. The van der Waals surface area contributed by atoms with Crippen molar-refractivity contribution in [2.45, 2.75) is 57.5 Å². The summed E-state index contributed by atoms with van der Waals surface area (Å²) in [7, 11) is 0. The van der Waals surface area contributed by atoms with Crippen molar-refractivity contribution in [2.24, 2.45) is 0 Å². The molecule has 1 aliphatic heterocycles. The number of benzene rings is 3. The maximum absolute atomic E-state index is 11.7. The van der Waals surface area contributed by atoms with Gasteiger partial charge in [-0.3, -0.25) is 4.79 Å². The van der Waals surface area contributed by atoms with Gasteiger partial charge in [0.1, 0.15) is 31.0 Å². The Morgan fingerprint density at radius 2 is 1.18 bits per heavy atom. The standard InChI is InChI=1S/C32H36O7/c1-3-19-34-32-31(38-22-27-17-11-6-12-18-27)30(37-21-26-15-9-5-10-16-26)29(28(39-32)23-35-24(2)33)36-20-25-13-7-4-8-14-25/h3-18,28-32H,1,19-23H2,2H3/t28-,29-,30+,31-,32-/m1/s1. The maximum Gasteiger partial charge on any atom is 0.302 e. The highest BCUT2D eigenvalue weighted by atomic mass is 16.7. The van der Waals surface area contributed by atoms with Gasteiger partial charge < -0.3 is 28.4 Å². The van der Waals surface area contributed by atoms with Gasteiger partial charge in [-0.05, 0) is 16.7 Å². The van der Waals surface area contributed by atoms with E-state index in [1.807, 2.05) is 91.0 Å². The monoisotopic (exact) mass is 532 g/mol. The van der Waals surface area contributed by atoms with Gasteiger partial charge in [-0.1, -0.05) is 97.1 Å². The molecule has 206 valence electrons. The number of carbonyl (C=O) groups excluding carboxylic acids is 1. The van der Waals surface area contributed by atoms with Crippen molar-refractivity contribution < 1.29 is 33.2 Å². The van der Waals surface area contributed by atoms with Crippen LogP contribution >= 0.6 is 0 Å². The van der Waals surface area contributed by atoms with Crippen LogP contribution in [0.25, 0.3) is 0 Å². The zero-order valence-electron chi connectivity index (χ0n) is 22.2. The van der Waals surface area contributed by atoms with Crippen LogP contribution in [-0.2, 0) is 53.0 Å². The Balaban J connectivity index is 1.63. The average molecular weight is 533 g/mol. The molecule has 0 N–H and O–H groups in total. The van der Waals surface area contributed by atoms with Crippen molar-refractivity contribution in [3.8, 4) is 0 Å². The molecule has 0 radical (unpaired) electrons. The van der Waals surface area contributed by atoms with E-state index in [9.17, 15) is 4.79 Å². The summed E-state index contributed by atoms with van der Waals surface area (Å²) in [6, 6.07) is 29.6. The molecule has 3 aromatic rings. The van der Waals surface area contributed by atoms with Crippen molar-refractivity contribution >= 4 is 5.97 Å². The Hall–Kier alpha value is -3.33. The number of esters is 1. The van der Waals surface area contributed by atoms with Gasteiger partial charge in [0.05, 0.1) is 26.4 Å². The zero-order valence-corrected chi connectivity index (χ0v) is 22.2. The molecule has 1 fully saturated rings. The van der Waals surface area contributed by atoms with Crippen LogP contribution < -0.4 is 0 Å². The van der Waals surface area contributed by atoms with Crippen molar-refractivity contribution in [3.63, 3.8) is 0 Å². The molecule has 1 aliphatic rings. The molecule has 0 bridgehead atoms. The number of rotatable bonds is 14. The summed E-state index contributed by atoms with van der Waals surface area (Å²) in [6.45, 7) is 6.34. The molecule has 1 saturated heterocycles.